The predicted octanol–water partition coefficient (Wildman–Crippen LogP) is 11.8. The van der Waals surface area contributed by atoms with Gasteiger partial charge in [0.15, 0.2) is 0 Å². The molecule has 222 valence electrons. The van der Waals surface area contributed by atoms with Crippen LogP contribution in [0.2, 0.25) is 0 Å². The molecule has 0 bridgehead atoms. The zero-order valence-corrected chi connectivity index (χ0v) is 26.5. The summed E-state index contributed by atoms with van der Waals surface area (Å²) >= 11 is 0. The van der Waals surface area contributed by atoms with Crippen molar-refractivity contribution in [2.75, 3.05) is 0 Å². The van der Waals surface area contributed by atoms with E-state index in [1.54, 1.807) is 0 Å². The van der Waals surface area contributed by atoms with Crippen LogP contribution >= 0.6 is 0 Å². The van der Waals surface area contributed by atoms with Gasteiger partial charge in [-0.25, -0.2) is 0 Å². The van der Waals surface area contributed by atoms with Gasteiger partial charge in [-0.3, -0.25) is 4.99 Å². The van der Waals surface area contributed by atoms with Gasteiger partial charge in [0.1, 0.15) is 0 Å². The zero-order chi connectivity index (χ0) is 31.5. The number of hydrogen-bond donors (Lipinski definition) is 0. The molecule has 0 N–H and O–H groups in total. The Bertz CT molecular complexity index is 2230. The number of fused-ring (bicyclic) bond motifs is 3. The largest absolute Gasteiger partial charge is 0.309 e. The molecule has 0 aliphatic carbocycles. The van der Waals surface area contributed by atoms with Crippen molar-refractivity contribution in [1.82, 2.24) is 4.57 Å². The number of nitrogens with zero attached hydrogens (tertiary/aromatic N) is 2. The Morgan fingerprint density at radius 2 is 1.04 bits per heavy atom. The van der Waals surface area contributed by atoms with Crippen molar-refractivity contribution in [3.8, 4) is 16.8 Å². The molecule has 0 saturated carbocycles. The SMILES string of the molecule is CC(=N/C(=C\C(=C(C)C)c1ccccc1)c1ccc2c(c1)c1cc(-c3ccccc3)ccc1n2-c1ccccc1)c1ccccc1. The molecule has 0 atom stereocenters. The van der Waals surface area contributed by atoms with E-state index < -0.39 is 0 Å². The Morgan fingerprint density at radius 1 is 0.500 bits per heavy atom. The van der Waals surface area contributed by atoms with E-state index in [9.17, 15) is 0 Å². The average molecular weight is 593 g/mol. The van der Waals surface area contributed by atoms with E-state index in [0.29, 0.717) is 0 Å². The van der Waals surface area contributed by atoms with Crippen molar-refractivity contribution in [1.29, 1.82) is 0 Å². The van der Waals surface area contributed by atoms with Gasteiger partial charge in [-0.15, -0.1) is 0 Å². The summed E-state index contributed by atoms with van der Waals surface area (Å²) in [5.74, 6) is 0. The molecule has 0 fully saturated rings. The van der Waals surface area contributed by atoms with Crippen molar-refractivity contribution in [3.63, 3.8) is 0 Å². The Balaban J connectivity index is 1.49. The van der Waals surface area contributed by atoms with Gasteiger partial charge in [0.25, 0.3) is 0 Å². The van der Waals surface area contributed by atoms with E-state index in [1.807, 2.05) is 6.07 Å². The van der Waals surface area contributed by atoms with Gasteiger partial charge in [-0.1, -0.05) is 127 Å². The summed E-state index contributed by atoms with van der Waals surface area (Å²) < 4.78 is 2.37. The minimum atomic E-state index is 0.933. The predicted molar refractivity (Wildman–Crippen MR) is 198 cm³/mol. The van der Waals surface area contributed by atoms with Gasteiger partial charge in [0.05, 0.1) is 16.7 Å². The molecule has 1 heterocycles. The van der Waals surface area contributed by atoms with Crippen molar-refractivity contribution >= 4 is 38.8 Å². The van der Waals surface area contributed by atoms with E-state index in [2.05, 4.69) is 183 Å². The smallest absolute Gasteiger partial charge is 0.0711 e. The van der Waals surface area contributed by atoms with Crippen molar-refractivity contribution in [2.45, 2.75) is 20.8 Å². The molecule has 0 spiro atoms. The molecule has 0 aliphatic rings. The van der Waals surface area contributed by atoms with E-state index in [-0.39, 0.29) is 0 Å². The fourth-order valence-electron chi connectivity index (χ4n) is 6.22. The molecular weight excluding hydrogens is 556 g/mol. The first-order chi connectivity index (χ1) is 22.6. The van der Waals surface area contributed by atoms with Crippen LogP contribution < -0.4 is 0 Å². The van der Waals surface area contributed by atoms with E-state index in [1.165, 1.54) is 49.6 Å². The first kappa shape index (κ1) is 29.0. The lowest BCUT2D eigenvalue weighted by molar-refractivity contribution is 1.18. The number of allylic oxidation sites excluding steroid dienone is 3. The monoisotopic (exact) mass is 592 g/mol. The number of aromatic nitrogens is 1. The second-order valence-electron chi connectivity index (χ2n) is 11.9. The molecule has 1 aromatic heterocycles. The van der Waals surface area contributed by atoms with Crippen LogP contribution in [-0.2, 0) is 0 Å². The maximum absolute atomic E-state index is 5.32. The summed E-state index contributed by atoms with van der Waals surface area (Å²) in [4.78, 5) is 5.32. The maximum Gasteiger partial charge on any atom is 0.0711 e. The first-order valence-electron chi connectivity index (χ1n) is 15.8. The highest BCUT2D eigenvalue weighted by atomic mass is 15.0. The molecule has 7 rings (SSSR count). The van der Waals surface area contributed by atoms with Crippen LogP contribution in [0.4, 0.5) is 0 Å². The lowest BCUT2D eigenvalue weighted by Gasteiger charge is -2.12. The fraction of sp³-hybridized carbons (Fsp3) is 0.0682. The highest BCUT2D eigenvalue weighted by molar-refractivity contribution is 6.12. The van der Waals surface area contributed by atoms with Crippen LogP contribution in [0.3, 0.4) is 0 Å². The van der Waals surface area contributed by atoms with Gasteiger partial charge >= 0.3 is 0 Å². The number of rotatable bonds is 7. The van der Waals surface area contributed by atoms with Crippen molar-refractivity contribution < 1.29 is 0 Å². The summed E-state index contributed by atoms with van der Waals surface area (Å²) in [5.41, 5.74) is 13.6. The van der Waals surface area contributed by atoms with Crippen LogP contribution in [0.15, 0.2) is 174 Å². The van der Waals surface area contributed by atoms with E-state index >= 15 is 0 Å². The first-order valence-corrected chi connectivity index (χ1v) is 15.8. The summed E-state index contributed by atoms with van der Waals surface area (Å²) in [6, 6.07) is 55.9. The molecule has 0 unspecified atom stereocenters. The molecule has 7 aromatic rings. The lowest BCUT2D eigenvalue weighted by Crippen LogP contribution is -1.97. The Labute approximate surface area is 271 Å². The van der Waals surface area contributed by atoms with E-state index in [4.69, 9.17) is 4.99 Å². The molecular formula is C44H36N2. The zero-order valence-electron chi connectivity index (χ0n) is 26.5. The minimum Gasteiger partial charge on any atom is -0.309 e. The highest BCUT2D eigenvalue weighted by Gasteiger charge is 2.16. The molecule has 46 heavy (non-hydrogen) atoms. The minimum absolute atomic E-state index is 0.933. The standard InChI is InChI=1S/C44H36N2/c1-31(2)39(35-20-12-6-13-21-35)30-42(45-32(3)33-16-8-4-9-17-33)37-25-27-44-41(29-37)40-28-36(34-18-10-5-11-19-34)24-26-43(40)46(44)38-22-14-7-15-23-38/h4-30H,1-3H3/b42-30-,45-32?. The van der Waals surface area contributed by atoms with Crippen LogP contribution in [0.5, 0.6) is 0 Å². The molecule has 0 aliphatic heterocycles. The average Bonchev–Trinajstić information content (AvgIpc) is 3.44. The van der Waals surface area contributed by atoms with Crippen LogP contribution in [0.25, 0.3) is 49.9 Å². The van der Waals surface area contributed by atoms with Gasteiger partial charge in [0, 0.05) is 27.7 Å². The van der Waals surface area contributed by atoms with Gasteiger partial charge < -0.3 is 4.57 Å². The van der Waals surface area contributed by atoms with Gasteiger partial charge in [0.2, 0.25) is 0 Å². The molecule has 0 saturated heterocycles. The van der Waals surface area contributed by atoms with E-state index in [0.717, 1.165) is 28.2 Å². The fourth-order valence-corrected chi connectivity index (χ4v) is 6.22. The molecule has 0 amide bonds. The Kier molecular flexibility index (Phi) is 8.01. The lowest BCUT2D eigenvalue weighted by atomic mass is 9.97. The van der Waals surface area contributed by atoms with Gasteiger partial charge in [-0.05, 0) is 91.1 Å². The van der Waals surface area contributed by atoms with Crippen molar-refractivity contribution in [3.05, 3.63) is 186 Å². The third-order valence-electron chi connectivity index (χ3n) is 8.57. The van der Waals surface area contributed by atoms with Crippen molar-refractivity contribution in [2.24, 2.45) is 4.99 Å². The number of hydrogen-bond acceptors (Lipinski definition) is 1. The van der Waals surface area contributed by atoms with Crippen LogP contribution in [0.1, 0.15) is 37.5 Å². The summed E-state index contributed by atoms with van der Waals surface area (Å²) in [6.07, 6.45) is 2.25. The second-order valence-corrected chi connectivity index (χ2v) is 11.9. The molecule has 0 radical (unpaired) electrons. The van der Waals surface area contributed by atoms with Crippen LogP contribution in [0, 0.1) is 0 Å². The highest BCUT2D eigenvalue weighted by Crippen LogP contribution is 2.37. The quantitative estimate of drug-likeness (QED) is 0.129. The summed E-state index contributed by atoms with van der Waals surface area (Å²) in [6.45, 7) is 6.44. The molecule has 2 heteroatoms. The Morgan fingerprint density at radius 3 is 1.67 bits per heavy atom. The third-order valence-corrected chi connectivity index (χ3v) is 8.57. The topological polar surface area (TPSA) is 17.3 Å². The second kappa shape index (κ2) is 12.7. The maximum atomic E-state index is 5.32. The molecule has 2 nitrogen and oxygen atoms in total. The molecule has 6 aromatic carbocycles. The number of para-hydroxylation sites is 1. The number of benzene rings is 6. The number of aliphatic imine (C=N–C) groups is 1. The van der Waals surface area contributed by atoms with Crippen LogP contribution in [-0.4, -0.2) is 10.3 Å². The normalized spacial score (nSPS) is 12.1. The third kappa shape index (κ3) is 5.74. The Hall–Kier alpha value is -5.73. The summed E-state index contributed by atoms with van der Waals surface area (Å²) in [5, 5.41) is 2.42. The van der Waals surface area contributed by atoms with Gasteiger partial charge in [-0.2, -0.15) is 0 Å². The summed E-state index contributed by atoms with van der Waals surface area (Å²) in [7, 11) is 0.